The highest BCUT2D eigenvalue weighted by atomic mass is 16.5. The first-order valence-corrected chi connectivity index (χ1v) is 9.10. The van der Waals surface area contributed by atoms with Gasteiger partial charge in [-0.15, -0.1) is 0 Å². The van der Waals surface area contributed by atoms with E-state index >= 15 is 0 Å². The number of hydrogen-bond acceptors (Lipinski definition) is 3. The zero-order chi connectivity index (χ0) is 19.5. The van der Waals surface area contributed by atoms with Gasteiger partial charge in [0.15, 0.2) is 0 Å². The number of nitrogens with zero attached hydrogens (tertiary/aromatic N) is 2. The van der Waals surface area contributed by atoms with E-state index in [0.29, 0.717) is 23.5 Å². The van der Waals surface area contributed by atoms with Crippen molar-refractivity contribution in [3.63, 3.8) is 0 Å². The number of carbonyl (C=O) groups excluding carboxylic acids is 1. The van der Waals surface area contributed by atoms with Crippen molar-refractivity contribution in [3.05, 3.63) is 89.7 Å². The van der Waals surface area contributed by atoms with Crippen LogP contribution in [-0.2, 0) is 6.54 Å². The normalized spacial score (nSPS) is 10.8. The van der Waals surface area contributed by atoms with Crippen LogP contribution in [0.25, 0.3) is 10.8 Å². The smallest absolute Gasteiger partial charge is 0.256 e. The molecule has 1 heterocycles. The van der Waals surface area contributed by atoms with Crippen LogP contribution in [0.3, 0.4) is 0 Å². The lowest BCUT2D eigenvalue weighted by Gasteiger charge is -2.09. The number of aromatic nitrogens is 2. The average Bonchev–Trinajstić information content (AvgIpc) is 3.15. The minimum absolute atomic E-state index is 0.180. The highest BCUT2D eigenvalue weighted by Gasteiger charge is 2.13. The minimum Gasteiger partial charge on any atom is -0.496 e. The Bertz CT molecular complexity index is 1140. The molecule has 140 valence electrons. The number of rotatable bonds is 5. The summed E-state index contributed by atoms with van der Waals surface area (Å²) in [6, 6.07) is 20.0. The summed E-state index contributed by atoms with van der Waals surface area (Å²) in [6.07, 6.45) is 3.51. The van der Waals surface area contributed by atoms with E-state index in [1.54, 1.807) is 19.4 Å². The van der Waals surface area contributed by atoms with Crippen molar-refractivity contribution >= 4 is 22.4 Å². The molecule has 0 fully saturated rings. The van der Waals surface area contributed by atoms with E-state index in [1.807, 2.05) is 42.1 Å². The number of nitrogens with one attached hydrogen (secondary N) is 1. The van der Waals surface area contributed by atoms with Gasteiger partial charge in [0.2, 0.25) is 0 Å². The first kappa shape index (κ1) is 17.8. The van der Waals surface area contributed by atoms with Gasteiger partial charge in [-0.05, 0) is 35.4 Å². The summed E-state index contributed by atoms with van der Waals surface area (Å²) in [7, 11) is 1.60. The molecule has 1 aromatic heterocycles. The van der Waals surface area contributed by atoms with Crippen LogP contribution in [0.4, 0.5) is 5.69 Å². The van der Waals surface area contributed by atoms with E-state index in [2.05, 4.69) is 40.7 Å². The van der Waals surface area contributed by atoms with Gasteiger partial charge in [-0.25, -0.2) is 0 Å². The fraction of sp³-hybridized carbons (Fsp3) is 0.130. The lowest BCUT2D eigenvalue weighted by molar-refractivity contribution is 0.102. The number of fused-ring (bicyclic) bond motifs is 1. The maximum absolute atomic E-state index is 12.6. The van der Waals surface area contributed by atoms with Crippen LogP contribution in [0.5, 0.6) is 5.75 Å². The Morgan fingerprint density at radius 3 is 2.71 bits per heavy atom. The molecular weight excluding hydrogens is 350 g/mol. The van der Waals surface area contributed by atoms with Crippen molar-refractivity contribution in [3.8, 4) is 5.75 Å². The molecule has 0 unspecified atom stereocenters. The second-order valence-electron chi connectivity index (χ2n) is 6.65. The number of ether oxygens (including phenoxy) is 1. The van der Waals surface area contributed by atoms with Gasteiger partial charge in [0, 0.05) is 17.3 Å². The van der Waals surface area contributed by atoms with E-state index in [-0.39, 0.29) is 5.91 Å². The number of amides is 1. The third-order valence-electron chi connectivity index (χ3n) is 4.85. The van der Waals surface area contributed by atoms with Gasteiger partial charge in [0.1, 0.15) is 5.75 Å². The first-order chi connectivity index (χ1) is 13.7. The minimum atomic E-state index is -0.180. The quantitative estimate of drug-likeness (QED) is 0.555. The molecule has 5 nitrogen and oxygen atoms in total. The van der Waals surface area contributed by atoms with Gasteiger partial charge < -0.3 is 10.1 Å². The van der Waals surface area contributed by atoms with Crippen molar-refractivity contribution in [2.24, 2.45) is 0 Å². The lowest BCUT2D eigenvalue weighted by atomic mass is 10.0. The van der Waals surface area contributed by atoms with Gasteiger partial charge in [-0.2, -0.15) is 5.10 Å². The van der Waals surface area contributed by atoms with Crippen LogP contribution >= 0.6 is 0 Å². The summed E-state index contributed by atoms with van der Waals surface area (Å²) >= 11 is 0. The molecule has 28 heavy (non-hydrogen) atoms. The number of anilines is 1. The van der Waals surface area contributed by atoms with Gasteiger partial charge in [-0.1, -0.05) is 48.5 Å². The molecule has 1 N–H and O–H groups in total. The molecule has 0 aliphatic carbocycles. The van der Waals surface area contributed by atoms with Crippen LogP contribution in [-0.4, -0.2) is 22.8 Å². The van der Waals surface area contributed by atoms with Crippen molar-refractivity contribution in [1.82, 2.24) is 9.78 Å². The molecular formula is C23H21N3O2. The molecule has 0 saturated carbocycles. The molecule has 0 aliphatic rings. The predicted octanol–water partition coefficient (Wildman–Crippen LogP) is 4.65. The Hall–Kier alpha value is -3.60. The van der Waals surface area contributed by atoms with Gasteiger partial charge in [0.25, 0.3) is 5.91 Å². The molecule has 1 amide bonds. The van der Waals surface area contributed by atoms with Crippen LogP contribution in [0.2, 0.25) is 0 Å². The maximum Gasteiger partial charge on any atom is 0.256 e. The van der Waals surface area contributed by atoms with Crippen molar-refractivity contribution in [2.45, 2.75) is 13.5 Å². The molecule has 0 bridgehead atoms. The fourth-order valence-corrected chi connectivity index (χ4v) is 3.40. The number of benzene rings is 3. The molecule has 4 aromatic rings. The fourth-order valence-electron chi connectivity index (χ4n) is 3.40. The summed E-state index contributed by atoms with van der Waals surface area (Å²) < 4.78 is 7.12. The van der Waals surface area contributed by atoms with Crippen LogP contribution in [0.1, 0.15) is 21.5 Å². The van der Waals surface area contributed by atoms with E-state index < -0.39 is 0 Å². The molecule has 0 atom stereocenters. The third kappa shape index (κ3) is 3.47. The van der Waals surface area contributed by atoms with Crippen molar-refractivity contribution in [1.29, 1.82) is 0 Å². The Morgan fingerprint density at radius 2 is 1.86 bits per heavy atom. The molecule has 4 rings (SSSR count). The molecule has 5 heteroatoms. The van der Waals surface area contributed by atoms with E-state index in [4.69, 9.17) is 4.74 Å². The van der Waals surface area contributed by atoms with E-state index in [9.17, 15) is 4.79 Å². The zero-order valence-electron chi connectivity index (χ0n) is 15.8. The topological polar surface area (TPSA) is 56.1 Å². The summed E-state index contributed by atoms with van der Waals surface area (Å²) in [5.41, 5.74) is 3.24. The van der Waals surface area contributed by atoms with Gasteiger partial charge >= 0.3 is 0 Å². The molecule has 0 radical (unpaired) electrons. The van der Waals surface area contributed by atoms with Crippen molar-refractivity contribution < 1.29 is 9.53 Å². The maximum atomic E-state index is 12.6. The highest BCUT2D eigenvalue weighted by Crippen LogP contribution is 2.22. The predicted molar refractivity (Wildman–Crippen MR) is 111 cm³/mol. The summed E-state index contributed by atoms with van der Waals surface area (Å²) in [6.45, 7) is 2.51. The van der Waals surface area contributed by atoms with E-state index in [0.717, 1.165) is 5.56 Å². The van der Waals surface area contributed by atoms with Crippen LogP contribution in [0, 0.1) is 6.92 Å². The number of hydrogen-bond donors (Lipinski definition) is 1. The second-order valence-corrected chi connectivity index (χ2v) is 6.65. The van der Waals surface area contributed by atoms with Crippen molar-refractivity contribution in [2.75, 3.05) is 12.4 Å². The lowest BCUT2D eigenvalue weighted by Crippen LogP contribution is -2.13. The average molecular weight is 371 g/mol. The third-order valence-corrected chi connectivity index (χ3v) is 4.85. The number of carbonyl (C=O) groups is 1. The number of methoxy groups -OCH3 is 1. The van der Waals surface area contributed by atoms with Crippen LogP contribution < -0.4 is 10.1 Å². The Morgan fingerprint density at radius 1 is 1.07 bits per heavy atom. The molecule has 0 aliphatic heterocycles. The standard InChI is InChI=1S/C23H21N3O2/c1-16-20(11-6-12-22(16)28-2)23(27)25-19-13-24-26(15-19)14-18-9-5-8-17-7-3-4-10-21(17)18/h3-13,15H,14H2,1-2H3,(H,25,27). The Labute approximate surface area is 163 Å². The summed E-state index contributed by atoms with van der Waals surface area (Å²) in [4.78, 5) is 12.6. The second kappa shape index (κ2) is 7.56. The van der Waals surface area contributed by atoms with E-state index in [1.165, 1.54) is 16.3 Å². The first-order valence-electron chi connectivity index (χ1n) is 9.10. The Balaban J connectivity index is 1.53. The van der Waals surface area contributed by atoms with Gasteiger partial charge in [-0.3, -0.25) is 9.48 Å². The zero-order valence-corrected chi connectivity index (χ0v) is 15.8. The SMILES string of the molecule is COc1cccc(C(=O)Nc2cnn(Cc3cccc4ccccc34)c2)c1C. The largest absolute Gasteiger partial charge is 0.496 e. The summed E-state index contributed by atoms with van der Waals surface area (Å²) in [5.74, 6) is 0.514. The Kier molecular flexibility index (Phi) is 4.81. The highest BCUT2D eigenvalue weighted by molar-refractivity contribution is 6.05. The molecule has 3 aromatic carbocycles. The molecule has 0 saturated heterocycles. The molecule has 0 spiro atoms. The van der Waals surface area contributed by atoms with Gasteiger partial charge in [0.05, 0.1) is 25.5 Å². The monoisotopic (exact) mass is 371 g/mol. The van der Waals surface area contributed by atoms with Crippen LogP contribution in [0.15, 0.2) is 73.1 Å². The summed E-state index contributed by atoms with van der Waals surface area (Å²) in [5, 5.41) is 9.72.